The smallest absolute Gasteiger partial charge is 0.0485 e. The van der Waals surface area contributed by atoms with Crippen LogP contribution in [0.5, 0.6) is 0 Å². The molecule has 0 radical (unpaired) electrons. The minimum atomic E-state index is 0. The molecule has 0 heterocycles. The highest BCUT2D eigenvalue weighted by molar-refractivity contribution is 5.85. The molecular formula is C13H15ClN2. The van der Waals surface area contributed by atoms with Gasteiger partial charge in [-0.2, -0.15) is 0 Å². The molecule has 0 aliphatic rings. The van der Waals surface area contributed by atoms with E-state index in [0.29, 0.717) is 0 Å². The van der Waals surface area contributed by atoms with Crippen molar-refractivity contribution in [2.75, 3.05) is 5.43 Å². The summed E-state index contributed by atoms with van der Waals surface area (Å²) in [5.41, 5.74) is 7.24. The van der Waals surface area contributed by atoms with E-state index in [0.717, 1.165) is 5.69 Å². The third-order valence-electron chi connectivity index (χ3n) is 2.44. The van der Waals surface area contributed by atoms with E-state index in [1.54, 1.807) is 0 Å². The summed E-state index contributed by atoms with van der Waals surface area (Å²) in [6.45, 7) is 2.09. The van der Waals surface area contributed by atoms with E-state index < -0.39 is 0 Å². The maximum absolute atomic E-state index is 5.31. The number of halogens is 1. The Balaban J connectivity index is 0.00000128. The fourth-order valence-corrected chi connectivity index (χ4v) is 1.50. The molecule has 0 spiro atoms. The number of nitrogens with two attached hydrogens (primary N) is 1. The summed E-state index contributed by atoms with van der Waals surface area (Å²) < 4.78 is 0. The normalized spacial score (nSPS) is 9.38. The quantitative estimate of drug-likeness (QED) is 0.618. The molecule has 0 aliphatic heterocycles. The van der Waals surface area contributed by atoms with Gasteiger partial charge in [0.15, 0.2) is 0 Å². The van der Waals surface area contributed by atoms with Gasteiger partial charge >= 0.3 is 0 Å². The summed E-state index contributed by atoms with van der Waals surface area (Å²) in [7, 11) is 0. The van der Waals surface area contributed by atoms with Crippen molar-refractivity contribution in [1.82, 2.24) is 0 Å². The zero-order chi connectivity index (χ0) is 10.7. The SMILES string of the molecule is Cc1ccc(-c2ccc(NN)cc2)cc1.Cl. The van der Waals surface area contributed by atoms with E-state index in [4.69, 9.17) is 5.84 Å². The van der Waals surface area contributed by atoms with Gasteiger partial charge in [-0.1, -0.05) is 42.0 Å². The van der Waals surface area contributed by atoms with Crippen molar-refractivity contribution < 1.29 is 0 Å². The molecule has 2 aromatic carbocycles. The molecule has 0 atom stereocenters. The van der Waals surface area contributed by atoms with Crippen molar-refractivity contribution in [2.24, 2.45) is 5.84 Å². The number of rotatable bonds is 2. The Labute approximate surface area is 102 Å². The average Bonchev–Trinajstić information content (AvgIpc) is 2.30. The molecule has 0 amide bonds. The number of benzene rings is 2. The standard InChI is InChI=1S/C13H14N2.ClH/c1-10-2-4-11(5-3-10)12-6-8-13(15-14)9-7-12;/h2-9,15H,14H2,1H3;1H. The van der Waals surface area contributed by atoms with E-state index in [2.05, 4.69) is 48.7 Å². The molecule has 3 heteroatoms. The molecule has 0 fully saturated rings. The van der Waals surface area contributed by atoms with Crippen LogP contribution in [-0.4, -0.2) is 0 Å². The van der Waals surface area contributed by atoms with Crippen LogP contribution in [-0.2, 0) is 0 Å². The molecule has 0 aliphatic carbocycles. The van der Waals surface area contributed by atoms with Crippen LogP contribution in [0.15, 0.2) is 48.5 Å². The van der Waals surface area contributed by atoms with E-state index in [9.17, 15) is 0 Å². The highest BCUT2D eigenvalue weighted by Crippen LogP contribution is 2.21. The van der Waals surface area contributed by atoms with Crippen molar-refractivity contribution in [2.45, 2.75) is 6.92 Å². The molecule has 2 nitrogen and oxygen atoms in total. The minimum absolute atomic E-state index is 0. The highest BCUT2D eigenvalue weighted by atomic mass is 35.5. The topological polar surface area (TPSA) is 38.0 Å². The lowest BCUT2D eigenvalue weighted by Crippen LogP contribution is -2.05. The first-order valence-electron chi connectivity index (χ1n) is 4.93. The van der Waals surface area contributed by atoms with Gasteiger partial charge < -0.3 is 5.43 Å². The van der Waals surface area contributed by atoms with Gasteiger partial charge in [-0.05, 0) is 30.2 Å². The molecule has 0 saturated heterocycles. The van der Waals surface area contributed by atoms with Crippen LogP contribution in [0.25, 0.3) is 11.1 Å². The first-order chi connectivity index (χ1) is 7.29. The molecule has 16 heavy (non-hydrogen) atoms. The number of hydrogen-bond donors (Lipinski definition) is 2. The van der Waals surface area contributed by atoms with Crippen LogP contribution in [0, 0.1) is 6.92 Å². The summed E-state index contributed by atoms with van der Waals surface area (Å²) in [4.78, 5) is 0. The molecule has 0 saturated carbocycles. The summed E-state index contributed by atoms with van der Waals surface area (Å²) in [5.74, 6) is 5.31. The first-order valence-corrected chi connectivity index (χ1v) is 4.93. The van der Waals surface area contributed by atoms with Gasteiger partial charge in [-0.15, -0.1) is 12.4 Å². The van der Waals surface area contributed by atoms with Crippen LogP contribution in [0.3, 0.4) is 0 Å². The van der Waals surface area contributed by atoms with Gasteiger partial charge in [0.25, 0.3) is 0 Å². The van der Waals surface area contributed by atoms with Gasteiger partial charge in [0.05, 0.1) is 0 Å². The van der Waals surface area contributed by atoms with Crippen LogP contribution in [0.4, 0.5) is 5.69 Å². The Hall–Kier alpha value is -1.51. The summed E-state index contributed by atoms with van der Waals surface area (Å²) in [5, 5.41) is 0. The first kappa shape index (κ1) is 12.6. The largest absolute Gasteiger partial charge is 0.324 e. The van der Waals surface area contributed by atoms with Crippen molar-refractivity contribution in [3.8, 4) is 11.1 Å². The summed E-state index contributed by atoms with van der Waals surface area (Å²) >= 11 is 0. The molecule has 2 aromatic rings. The molecule has 3 N–H and O–H groups in total. The molecule has 0 unspecified atom stereocenters. The van der Waals surface area contributed by atoms with Gasteiger partial charge in [-0.25, -0.2) is 0 Å². The number of hydrogen-bond acceptors (Lipinski definition) is 2. The highest BCUT2D eigenvalue weighted by Gasteiger charge is 1.96. The van der Waals surface area contributed by atoms with Gasteiger partial charge in [0.1, 0.15) is 0 Å². The Kier molecular flexibility index (Phi) is 4.35. The fraction of sp³-hybridized carbons (Fsp3) is 0.0769. The van der Waals surface area contributed by atoms with Crippen molar-refractivity contribution in [3.63, 3.8) is 0 Å². The average molecular weight is 235 g/mol. The molecule has 0 bridgehead atoms. The summed E-state index contributed by atoms with van der Waals surface area (Å²) in [6, 6.07) is 16.5. The third-order valence-corrected chi connectivity index (χ3v) is 2.44. The van der Waals surface area contributed by atoms with Crippen LogP contribution in [0.2, 0.25) is 0 Å². The number of hydrazine groups is 1. The molecule has 2 rings (SSSR count). The molecule has 0 aromatic heterocycles. The molecular weight excluding hydrogens is 220 g/mol. The summed E-state index contributed by atoms with van der Waals surface area (Å²) in [6.07, 6.45) is 0. The van der Waals surface area contributed by atoms with Crippen LogP contribution in [0.1, 0.15) is 5.56 Å². The van der Waals surface area contributed by atoms with Crippen LogP contribution < -0.4 is 11.3 Å². The number of aryl methyl sites for hydroxylation is 1. The van der Waals surface area contributed by atoms with Gasteiger partial charge in [-0.3, -0.25) is 5.84 Å². The van der Waals surface area contributed by atoms with Crippen molar-refractivity contribution in [3.05, 3.63) is 54.1 Å². The maximum Gasteiger partial charge on any atom is 0.0485 e. The second kappa shape index (κ2) is 5.54. The van der Waals surface area contributed by atoms with E-state index in [1.807, 2.05) is 12.1 Å². The molecule has 84 valence electrons. The Morgan fingerprint density at radius 2 is 1.25 bits per heavy atom. The predicted octanol–water partition coefficient (Wildman–Crippen LogP) is 3.37. The van der Waals surface area contributed by atoms with Gasteiger partial charge in [0, 0.05) is 5.69 Å². The lowest BCUT2D eigenvalue weighted by molar-refractivity contribution is 1.35. The van der Waals surface area contributed by atoms with Crippen molar-refractivity contribution in [1.29, 1.82) is 0 Å². The van der Waals surface area contributed by atoms with E-state index in [-0.39, 0.29) is 12.4 Å². The lowest BCUT2D eigenvalue weighted by atomic mass is 10.0. The minimum Gasteiger partial charge on any atom is -0.324 e. The van der Waals surface area contributed by atoms with Gasteiger partial charge in [0.2, 0.25) is 0 Å². The van der Waals surface area contributed by atoms with E-state index >= 15 is 0 Å². The zero-order valence-corrected chi connectivity index (χ0v) is 9.92. The zero-order valence-electron chi connectivity index (χ0n) is 9.10. The van der Waals surface area contributed by atoms with Crippen LogP contribution >= 0.6 is 12.4 Å². The predicted molar refractivity (Wildman–Crippen MR) is 71.7 cm³/mol. The Morgan fingerprint density at radius 3 is 1.69 bits per heavy atom. The van der Waals surface area contributed by atoms with Crippen molar-refractivity contribution >= 4 is 18.1 Å². The lowest BCUT2D eigenvalue weighted by Gasteiger charge is -2.04. The fourth-order valence-electron chi connectivity index (χ4n) is 1.50. The number of nitrogen functional groups attached to an aromatic ring is 1. The monoisotopic (exact) mass is 234 g/mol. The Morgan fingerprint density at radius 1 is 0.812 bits per heavy atom. The second-order valence-corrected chi connectivity index (χ2v) is 3.59. The maximum atomic E-state index is 5.31. The van der Waals surface area contributed by atoms with E-state index in [1.165, 1.54) is 16.7 Å². The Bertz CT molecular complexity index is 434. The third kappa shape index (κ3) is 2.75. The number of anilines is 1. The number of nitrogens with one attached hydrogen (secondary N) is 1. The second-order valence-electron chi connectivity index (χ2n) is 3.59.